The molecule has 1 aromatic rings. The van der Waals surface area contributed by atoms with Gasteiger partial charge >= 0.3 is 5.82 Å². The van der Waals surface area contributed by atoms with Crippen LogP contribution in [0.4, 0.5) is 14.6 Å². The number of nitrogens with zero attached hydrogens (tertiary/aromatic N) is 3. The minimum atomic E-state index is -2.81. The molecule has 0 radical (unpaired) electrons. The number of alkyl halides is 2. The van der Waals surface area contributed by atoms with Crippen LogP contribution in [0.25, 0.3) is 0 Å². The minimum absolute atomic E-state index is 0.173. The van der Waals surface area contributed by atoms with E-state index in [4.69, 9.17) is 5.26 Å². The Morgan fingerprint density at radius 3 is 2.67 bits per heavy atom. The fraction of sp³-hybridized carbons (Fsp3) is 0.143. The lowest BCUT2D eigenvalue weighted by atomic mass is 10.2. The molecule has 0 aliphatic carbocycles. The van der Waals surface area contributed by atoms with E-state index < -0.39 is 28.3 Å². The van der Waals surface area contributed by atoms with Gasteiger partial charge < -0.3 is 10.1 Å². The second-order valence-corrected chi connectivity index (χ2v) is 3.43. The second-order valence-electron chi connectivity index (χ2n) is 2.41. The fourth-order valence-corrected chi connectivity index (χ4v) is 1.49. The number of aromatic nitrogens is 1. The summed E-state index contributed by atoms with van der Waals surface area (Å²) in [7, 11) is 0. The Balaban J connectivity index is 3.44. The van der Waals surface area contributed by atoms with Crippen molar-refractivity contribution < 1.29 is 13.7 Å². The van der Waals surface area contributed by atoms with Crippen LogP contribution in [0.15, 0.2) is 6.07 Å². The summed E-state index contributed by atoms with van der Waals surface area (Å²) in [5.41, 5.74) is -0.937. The summed E-state index contributed by atoms with van der Waals surface area (Å²) in [4.78, 5) is 12.9. The van der Waals surface area contributed by atoms with Gasteiger partial charge in [0.25, 0.3) is 6.43 Å². The van der Waals surface area contributed by atoms with Crippen molar-refractivity contribution in [3.05, 3.63) is 31.0 Å². The molecule has 15 heavy (non-hydrogen) atoms. The van der Waals surface area contributed by atoms with E-state index in [9.17, 15) is 18.9 Å². The smallest absolute Gasteiger partial charge is 0.358 e. The molecular weight excluding hydrogens is 323 g/mol. The summed E-state index contributed by atoms with van der Waals surface area (Å²) in [5.74, 6) is -0.702. The number of hydrogen-bond donors (Lipinski definition) is 0. The molecule has 8 heteroatoms. The van der Waals surface area contributed by atoms with Crippen LogP contribution in [-0.4, -0.2) is 9.91 Å². The molecule has 0 unspecified atom stereocenters. The van der Waals surface area contributed by atoms with Gasteiger partial charge in [0.05, 0.1) is 5.56 Å². The van der Waals surface area contributed by atoms with Crippen molar-refractivity contribution >= 4 is 28.4 Å². The van der Waals surface area contributed by atoms with Gasteiger partial charge in [-0.1, -0.05) is 0 Å². The summed E-state index contributed by atoms with van der Waals surface area (Å²) < 4.78 is 24.5. The fourth-order valence-electron chi connectivity index (χ4n) is 0.872. The van der Waals surface area contributed by atoms with E-state index in [2.05, 4.69) is 4.98 Å². The van der Waals surface area contributed by atoms with Gasteiger partial charge in [0, 0.05) is 22.6 Å². The molecule has 0 amide bonds. The Bertz CT molecular complexity index is 458. The maximum absolute atomic E-state index is 12.4. The first-order valence-electron chi connectivity index (χ1n) is 3.50. The van der Waals surface area contributed by atoms with E-state index in [1.54, 1.807) is 0 Å². The van der Waals surface area contributed by atoms with Crippen LogP contribution in [-0.2, 0) is 0 Å². The van der Waals surface area contributed by atoms with Gasteiger partial charge in [-0.05, 0) is 16.0 Å². The van der Waals surface area contributed by atoms with E-state index in [0.29, 0.717) is 0 Å². The highest BCUT2D eigenvalue weighted by Gasteiger charge is 2.24. The van der Waals surface area contributed by atoms with Gasteiger partial charge in [0.2, 0.25) is 3.70 Å². The van der Waals surface area contributed by atoms with Crippen LogP contribution < -0.4 is 0 Å². The molecule has 0 saturated heterocycles. The first-order valence-corrected chi connectivity index (χ1v) is 4.58. The molecule has 0 aliphatic heterocycles. The summed E-state index contributed by atoms with van der Waals surface area (Å²) >= 11 is 1.46. The van der Waals surface area contributed by atoms with Crippen molar-refractivity contribution in [2.24, 2.45) is 0 Å². The molecule has 0 fully saturated rings. The SMILES string of the molecule is N#Cc1cc(C(F)F)c(I)nc1[N+](=O)[O-]. The predicted octanol–water partition coefficient (Wildman–Crippen LogP) is 2.40. The summed E-state index contributed by atoms with van der Waals surface area (Å²) in [6, 6.07) is 2.25. The Labute approximate surface area is 96.0 Å². The molecule has 78 valence electrons. The Morgan fingerprint density at radius 2 is 2.27 bits per heavy atom. The Hall–Kier alpha value is -1.37. The topological polar surface area (TPSA) is 79.8 Å². The maximum atomic E-state index is 12.4. The van der Waals surface area contributed by atoms with Gasteiger partial charge in [-0.3, -0.25) is 0 Å². The summed E-state index contributed by atoms with van der Waals surface area (Å²) in [6.07, 6.45) is -2.81. The Kier molecular flexibility index (Phi) is 3.46. The highest BCUT2D eigenvalue weighted by Crippen LogP contribution is 2.27. The van der Waals surface area contributed by atoms with Crippen LogP contribution in [0.1, 0.15) is 17.6 Å². The van der Waals surface area contributed by atoms with Crippen LogP contribution >= 0.6 is 22.6 Å². The van der Waals surface area contributed by atoms with Crippen molar-refractivity contribution in [3.63, 3.8) is 0 Å². The monoisotopic (exact) mass is 325 g/mol. The third-order valence-corrected chi connectivity index (χ3v) is 2.38. The van der Waals surface area contributed by atoms with Gasteiger partial charge in [-0.2, -0.15) is 5.26 Å². The average molecular weight is 325 g/mol. The van der Waals surface area contributed by atoms with Crippen LogP contribution in [0.2, 0.25) is 0 Å². The molecular formula is C7H2F2IN3O2. The van der Waals surface area contributed by atoms with Crippen LogP contribution in [0.5, 0.6) is 0 Å². The molecule has 0 N–H and O–H groups in total. The molecule has 0 aliphatic rings. The molecule has 0 atom stereocenters. The maximum Gasteiger partial charge on any atom is 0.382 e. The average Bonchev–Trinajstić information content (AvgIpc) is 2.16. The first kappa shape index (κ1) is 11.7. The number of halogens is 3. The molecule has 0 spiro atoms. The number of pyridine rings is 1. The van der Waals surface area contributed by atoms with Gasteiger partial charge in [0.15, 0.2) is 5.56 Å². The highest BCUT2D eigenvalue weighted by atomic mass is 127. The van der Waals surface area contributed by atoms with Gasteiger partial charge in [0.1, 0.15) is 6.07 Å². The van der Waals surface area contributed by atoms with Gasteiger partial charge in [-0.25, -0.2) is 8.78 Å². The van der Waals surface area contributed by atoms with E-state index in [1.807, 2.05) is 0 Å². The lowest BCUT2D eigenvalue weighted by Crippen LogP contribution is -2.02. The molecule has 1 rings (SSSR count). The van der Waals surface area contributed by atoms with Crippen molar-refractivity contribution in [1.82, 2.24) is 4.98 Å². The third kappa shape index (κ3) is 2.35. The molecule has 0 saturated carbocycles. The van der Waals surface area contributed by atoms with E-state index >= 15 is 0 Å². The normalized spacial score (nSPS) is 10.1. The molecule has 0 bridgehead atoms. The van der Waals surface area contributed by atoms with E-state index in [1.165, 1.54) is 28.7 Å². The van der Waals surface area contributed by atoms with Crippen molar-refractivity contribution in [1.29, 1.82) is 5.26 Å². The lowest BCUT2D eigenvalue weighted by molar-refractivity contribution is -0.390. The van der Waals surface area contributed by atoms with E-state index in [0.717, 1.165) is 6.07 Å². The summed E-state index contributed by atoms with van der Waals surface area (Å²) in [6.45, 7) is 0. The molecule has 1 heterocycles. The number of rotatable bonds is 2. The van der Waals surface area contributed by atoms with Gasteiger partial charge in [-0.15, -0.1) is 0 Å². The first-order chi connectivity index (χ1) is 6.97. The molecule has 1 aromatic heterocycles. The quantitative estimate of drug-likeness (QED) is 0.362. The zero-order chi connectivity index (χ0) is 11.6. The van der Waals surface area contributed by atoms with Crippen LogP contribution in [0.3, 0.4) is 0 Å². The third-order valence-electron chi connectivity index (χ3n) is 1.51. The zero-order valence-electron chi connectivity index (χ0n) is 6.95. The van der Waals surface area contributed by atoms with Crippen molar-refractivity contribution in [2.45, 2.75) is 6.43 Å². The number of hydrogen-bond acceptors (Lipinski definition) is 4. The van der Waals surface area contributed by atoms with Crippen molar-refractivity contribution in [2.75, 3.05) is 0 Å². The predicted molar refractivity (Wildman–Crippen MR) is 53.3 cm³/mol. The second kappa shape index (κ2) is 4.43. The Morgan fingerprint density at radius 1 is 1.67 bits per heavy atom. The minimum Gasteiger partial charge on any atom is -0.358 e. The van der Waals surface area contributed by atoms with Crippen molar-refractivity contribution in [3.8, 4) is 6.07 Å². The number of nitro groups is 1. The lowest BCUT2D eigenvalue weighted by Gasteiger charge is -2.00. The molecule has 5 nitrogen and oxygen atoms in total. The largest absolute Gasteiger partial charge is 0.382 e. The van der Waals surface area contributed by atoms with E-state index in [-0.39, 0.29) is 3.70 Å². The van der Waals surface area contributed by atoms with Crippen LogP contribution in [0, 0.1) is 25.1 Å². The zero-order valence-corrected chi connectivity index (χ0v) is 9.10. The standard InChI is InChI=1S/C7H2F2IN3O2/c8-5(9)4-1-3(2-11)7(13(14)15)12-6(4)10/h1,5H. The highest BCUT2D eigenvalue weighted by molar-refractivity contribution is 14.1. The summed E-state index contributed by atoms with van der Waals surface area (Å²) in [5, 5.41) is 18.9. The molecule has 0 aromatic carbocycles. The number of nitriles is 1.